The van der Waals surface area contributed by atoms with Crippen LogP contribution in [0.25, 0.3) is 0 Å². The third-order valence-corrected chi connectivity index (χ3v) is 4.68. The van der Waals surface area contributed by atoms with Crippen LogP contribution in [0.4, 0.5) is 0 Å². The maximum Gasteiger partial charge on any atom is 0.237 e. The first kappa shape index (κ1) is 17.3. The van der Waals surface area contributed by atoms with Crippen molar-refractivity contribution < 1.29 is 4.79 Å². The largest absolute Gasteiger partial charge is 0.352 e. The van der Waals surface area contributed by atoms with Crippen LogP contribution >= 0.6 is 11.6 Å². The zero-order valence-electron chi connectivity index (χ0n) is 13.2. The number of carbonyl (C=O) groups excluding carboxylic acids is 1. The second kappa shape index (κ2) is 9.16. The summed E-state index contributed by atoms with van der Waals surface area (Å²) in [6.07, 6.45) is 9.74. The average molecular weight is 323 g/mol. The summed E-state index contributed by atoms with van der Waals surface area (Å²) < 4.78 is 0. The highest BCUT2D eigenvalue weighted by molar-refractivity contribution is 6.30. The number of unbranched alkanes of at least 4 members (excludes halogenated alkanes) is 1. The van der Waals surface area contributed by atoms with Crippen LogP contribution in [-0.2, 0) is 11.2 Å². The summed E-state index contributed by atoms with van der Waals surface area (Å²) in [6.45, 7) is 0. The fourth-order valence-electron chi connectivity index (χ4n) is 3.03. The van der Waals surface area contributed by atoms with E-state index in [1.165, 1.54) is 24.8 Å². The van der Waals surface area contributed by atoms with Gasteiger partial charge in [0, 0.05) is 11.1 Å². The molecule has 1 fully saturated rings. The Bertz CT molecular complexity index is 455. The van der Waals surface area contributed by atoms with Crippen molar-refractivity contribution in [3.8, 4) is 0 Å². The number of benzene rings is 1. The maximum atomic E-state index is 12.1. The molecular weight excluding hydrogens is 296 g/mol. The molecule has 0 aliphatic heterocycles. The molecule has 0 bridgehead atoms. The maximum absolute atomic E-state index is 12.1. The highest BCUT2D eigenvalue weighted by atomic mass is 35.5. The summed E-state index contributed by atoms with van der Waals surface area (Å²) in [4.78, 5) is 12.1. The molecule has 1 aliphatic carbocycles. The van der Waals surface area contributed by atoms with Gasteiger partial charge >= 0.3 is 0 Å². The zero-order valence-corrected chi connectivity index (χ0v) is 13.9. The summed E-state index contributed by atoms with van der Waals surface area (Å²) in [5.41, 5.74) is 7.29. The number of hydrogen-bond donors (Lipinski definition) is 2. The smallest absolute Gasteiger partial charge is 0.237 e. The summed E-state index contributed by atoms with van der Waals surface area (Å²) in [5, 5.41) is 3.87. The first-order valence-corrected chi connectivity index (χ1v) is 8.83. The molecule has 0 saturated heterocycles. The Kier molecular flexibility index (Phi) is 7.20. The first-order chi connectivity index (χ1) is 10.6. The van der Waals surface area contributed by atoms with E-state index in [1.807, 2.05) is 12.1 Å². The third-order valence-electron chi connectivity index (χ3n) is 4.43. The second-order valence-electron chi connectivity index (χ2n) is 6.32. The first-order valence-electron chi connectivity index (χ1n) is 8.45. The Balaban J connectivity index is 1.61. The molecule has 1 aromatic carbocycles. The van der Waals surface area contributed by atoms with Crippen LogP contribution in [0.1, 0.15) is 56.9 Å². The van der Waals surface area contributed by atoms with E-state index in [1.54, 1.807) is 0 Å². The minimum Gasteiger partial charge on any atom is -0.352 e. The number of carbonyl (C=O) groups is 1. The Labute approximate surface area is 138 Å². The Morgan fingerprint density at radius 1 is 1.18 bits per heavy atom. The SMILES string of the molecule is NC(CCCCc1ccc(Cl)cc1)C(=O)NC1CCCCC1. The lowest BCUT2D eigenvalue weighted by molar-refractivity contribution is -0.123. The molecule has 2 rings (SSSR count). The molecular formula is C18H27ClN2O. The van der Waals surface area contributed by atoms with Gasteiger partial charge in [0.1, 0.15) is 0 Å². The fourth-order valence-corrected chi connectivity index (χ4v) is 3.16. The quantitative estimate of drug-likeness (QED) is 0.750. The van der Waals surface area contributed by atoms with Crippen LogP contribution in [0.3, 0.4) is 0 Å². The molecule has 1 aromatic rings. The van der Waals surface area contributed by atoms with Gasteiger partial charge < -0.3 is 11.1 Å². The predicted molar refractivity (Wildman–Crippen MR) is 92.0 cm³/mol. The summed E-state index contributed by atoms with van der Waals surface area (Å²) >= 11 is 5.87. The van der Waals surface area contributed by atoms with E-state index < -0.39 is 0 Å². The Morgan fingerprint density at radius 2 is 1.86 bits per heavy atom. The highest BCUT2D eigenvalue weighted by Gasteiger charge is 2.19. The normalized spacial score (nSPS) is 17.2. The van der Waals surface area contributed by atoms with Crippen molar-refractivity contribution in [2.45, 2.75) is 69.9 Å². The number of nitrogens with two attached hydrogens (primary N) is 1. The van der Waals surface area contributed by atoms with Crippen LogP contribution in [0, 0.1) is 0 Å². The Hall–Kier alpha value is -1.06. The lowest BCUT2D eigenvalue weighted by atomic mass is 9.95. The number of halogens is 1. The minimum absolute atomic E-state index is 0.0263. The van der Waals surface area contributed by atoms with Crippen molar-refractivity contribution in [2.75, 3.05) is 0 Å². The molecule has 1 unspecified atom stereocenters. The van der Waals surface area contributed by atoms with Gasteiger partial charge in [-0.05, 0) is 49.8 Å². The molecule has 1 atom stereocenters. The zero-order chi connectivity index (χ0) is 15.8. The molecule has 122 valence electrons. The molecule has 22 heavy (non-hydrogen) atoms. The third kappa shape index (κ3) is 5.98. The van der Waals surface area contributed by atoms with Gasteiger partial charge in [0.25, 0.3) is 0 Å². The van der Waals surface area contributed by atoms with Crippen molar-refractivity contribution in [3.05, 3.63) is 34.9 Å². The average Bonchev–Trinajstić information content (AvgIpc) is 2.54. The van der Waals surface area contributed by atoms with Crippen LogP contribution < -0.4 is 11.1 Å². The lowest BCUT2D eigenvalue weighted by Gasteiger charge is -2.24. The predicted octanol–water partition coefficient (Wildman–Crippen LogP) is 3.83. The van der Waals surface area contributed by atoms with Gasteiger partial charge in [-0.2, -0.15) is 0 Å². The van der Waals surface area contributed by atoms with E-state index in [4.69, 9.17) is 17.3 Å². The molecule has 3 nitrogen and oxygen atoms in total. The van der Waals surface area contributed by atoms with Crippen molar-refractivity contribution in [3.63, 3.8) is 0 Å². The van der Waals surface area contributed by atoms with Gasteiger partial charge in [0.2, 0.25) is 5.91 Å². The molecule has 1 saturated carbocycles. The van der Waals surface area contributed by atoms with Crippen molar-refractivity contribution in [2.24, 2.45) is 5.73 Å². The van der Waals surface area contributed by atoms with Crippen LogP contribution in [0.15, 0.2) is 24.3 Å². The summed E-state index contributed by atoms with van der Waals surface area (Å²) in [5.74, 6) is 0.0263. The van der Waals surface area contributed by atoms with Crippen LogP contribution in [-0.4, -0.2) is 18.0 Å². The molecule has 0 radical (unpaired) electrons. The summed E-state index contributed by atoms with van der Waals surface area (Å²) in [6, 6.07) is 7.92. The van der Waals surface area contributed by atoms with Gasteiger partial charge in [-0.1, -0.05) is 49.4 Å². The van der Waals surface area contributed by atoms with E-state index in [2.05, 4.69) is 17.4 Å². The molecule has 0 aromatic heterocycles. The van der Waals surface area contributed by atoms with Gasteiger partial charge in [0.05, 0.1) is 6.04 Å². The standard InChI is InChI=1S/C18H27ClN2O/c19-15-12-10-14(11-13-15)6-4-5-9-17(20)18(22)21-16-7-2-1-3-8-16/h10-13,16-17H,1-9,20H2,(H,21,22). The molecule has 0 spiro atoms. The number of nitrogens with one attached hydrogen (secondary N) is 1. The minimum atomic E-state index is -0.368. The molecule has 1 amide bonds. The number of rotatable bonds is 7. The lowest BCUT2D eigenvalue weighted by Crippen LogP contribution is -2.45. The van der Waals surface area contributed by atoms with Crippen molar-refractivity contribution in [1.29, 1.82) is 0 Å². The van der Waals surface area contributed by atoms with Gasteiger partial charge in [-0.15, -0.1) is 0 Å². The number of aryl methyl sites for hydroxylation is 1. The highest BCUT2D eigenvalue weighted by Crippen LogP contribution is 2.17. The summed E-state index contributed by atoms with van der Waals surface area (Å²) in [7, 11) is 0. The molecule has 1 aliphatic rings. The molecule has 3 N–H and O–H groups in total. The van der Waals surface area contributed by atoms with E-state index in [9.17, 15) is 4.79 Å². The molecule has 4 heteroatoms. The van der Waals surface area contributed by atoms with E-state index in [0.717, 1.165) is 43.5 Å². The van der Waals surface area contributed by atoms with Crippen molar-refractivity contribution in [1.82, 2.24) is 5.32 Å². The van der Waals surface area contributed by atoms with Gasteiger partial charge in [-0.25, -0.2) is 0 Å². The van der Waals surface area contributed by atoms with E-state index in [-0.39, 0.29) is 11.9 Å². The monoisotopic (exact) mass is 322 g/mol. The van der Waals surface area contributed by atoms with E-state index >= 15 is 0 Å². The van der Waals surface area contributed by atoms with Crippen molar-refractivity contribution >= 4 is 17.5 Å². The fraction of sp³-hybridized carbons (Fsp3) is 0.611. The van der Waals surface area contributed by atoms with Crippen LogP contribution in [0.5, 0.6) is 0 Å². The number of hydrogen-bond acceptors (Lipinski definition) is 2. The van der Waals surface area contributed by atoms with Crippen LogP contribution in [0.2, 0.25) is 5.02 Å². The second-order valence-corrected chi connectivity index (χ2v) is 6.76. The Morgan fingerprint density at radius 3 is 2.55 bits per heavy atom. The van der Waals surface area contributed by atoms with E-state index in [0.29, 0.717) is 6.04 Å². The topological polar surface area (TPSA) is 55.1 Å². The van der Waals surface area contributed by atoms with Gasteiger partial charge in [0.15, 0.2) is 0 Å². The number of amides is 1. The molecule has 0 heterocycles. The van der Waals surface area contributed by atoms with Gasteiger partial charge in [-0.3, -0.25) is 4.79 Å².